The van der Waals surface area contributed by atoms with Crippen molar-refractivity contribution < 1.29 is 18.7 Å². The fraction of sp³-hybridized carbons (Fsp3) is 0.0870. The van der Waals surface area contributed by atoms with E-state index in [-0.39, 0.29) is 0 Å². The lowest BCUT2D eigenvalue weighted by Crippen LogP contribution is -2.09. The molecule has 1 heterocycles. The minimum absolute atomic E-state index is 0.365. The van der Waals surface area contributed by atoms with Crippen LogP contribution in [0, 0.1) is 6.92 Å². The summed E-state index contributed by atoms with van der Waals surface area (Å²) < 4.78 is 16.4. The summed E-state index contributed by atoms with van der Waals surface area (Å²) in [6.45, 7) is 1.99. The van der Waals surface area contributed by atoms with Gasteiger partial charge in [0.1, 0.15) is 0 Å². The molecule has 4 rings (SSSR count). The maximum atomic E-state index is 12.4. The van der Waals surface area contributed by atoms with Crippen LogP contribution in [0.4, 0.5) is 0 Å². The van der Waals surface area contributed by atoms with Crippen molar-refractivity contribution in [3.8, 4) is 34.4 Å². The van der Waals surface area contributed by atoms with E-state index in [0.717, 1.165) is 11.1 Å². The third kappa shape index (κ3) is 3.87. The van der Waals surface area contributed by atoms with Crippen molar-refractivity contribution in [2.24, 2.45) is 0 Å². The molecule has 144 valence electrons. The van der Waals surface area contributed by atoms with Gasteiger partial charge >= 0.3 is 5.97 Å². The highest BCUT2D eigenvalue weighted by molar-refractivity contribution is 5.91. The molecule has 0 amide bonds. The molecule has 6 nitrogen and oxygen atoms in total. The van der Waals surface area contributed by atoms with Crippen LogP contribution in [0.25, 0.3) is 22.9 Å². The molecular weight excluding hydrogens is 368 g/mol. The minimum atomic E-state index is -0.479. The van der Waals surface area contributed by atoms with E-state index in [1.807, 2.05) is 31.2 Å². The molecule has 0 atom stereocenters. The number of aromatic nitrogens is 2. The van der Waals surface area contributed by atoms with Crippen LogP contribution in [0.1, 0.15) is 15.9 Å². The summed E-state index contributed by atoms with van der Waals surface area (Å²) in [5.74, 6) is 1.22. The van der Waals surface area contributed by atoms with E-state index >= 15 is 0 Å². The van der Waals surface area contributed by atoms with E-state index in [2.05, 4.69) is 10.2 Å². The molecule has 4 aromatic rings. The number of carbonyl (C=O) groups is 1. The number of carbonyl (C=O) groups excluding carboxylic acids is 1. The van der Waals surface area contributed by atoms with E-state index in [9.17, 15) is 4.79 Å². The van der Waals surface area contributed by atoms with Crippen molar-refractivity contribution in [1.29, 1.82) is 0 Å². The molecule has 0 spiro atoms. The Hall–Kier alpha value is -3.93. The molecule has 0 aliphatic carbocycles. The van der Waals surface area contributed by atoms with Gasteiger partial charge < -0.3 is 13.9 Å². The first kappa shape index (κ1) is 18.4. The molecule has 0 radical (unpaired) electrons. The zero-order chi connectivity index (χ0) is 20.2. The van der Waals surface area contributed by atoms with Crippen molar-refractivity contribution in [2.45, 2.75) is 6.92 Å². The molecule has 6 heteroatoms. The Balaban J connectivity index is 1.52. The summed E-state index contributed by atoms with van der Waals surface area (Å²) in [5, 5.41) is 8.25. The Morgan fingerprint density at radius 2 is 1.48 bits per heavy atom. The van der Waals surface area contributed by atoms with E-state index in [4.69, 9.17) is 13.9 Å². The molecule has 0 saturated heterocycles. The molecule has 0 aliphatic heterocycles. The molecule has 0 fully saturated rings. The van der Waals surface area contributed by atoms with Gasteiger partial charge in [-0.2, -0.15) is 0 Å². The Morgan fingerprint density at radius 1 is 0.828 bits per heavy atom. The second kappa shape index (κ2) is 7.98. The zero-order valence-electron chi connectivity index (χ0n) is 16.0. The molecule has 0 bridgehead atoms. The summed E-state index contributed by atoms with van der Waals surface area (Å²) in [6, 6.07) is 21.6. The second-order valence-corrected chi connectivity index (χ2v) is 6.35. The van der Waals surface area contributed by atoms with Crippen molar-refractivity contribution in [2.75, 3.05) is 7.11 Å². The zero-order valence-corrected chi connectivity index (χ0v) is 16.0. The van der Waals surface area contributed by atoms with Gasteiger partial charge in [0.25, 0.3) is 0 Å². The topological polar surface area (TPSA) is 74.5 Å². The molecule has 3 aromatic carbocycles. The Kier molecular flexibility index (Phi) is 5.07. The maximum Gasteiger partial charge on any atom is 0.343 e. The van der Waals surface area contributed by atoms with Gasteiger partial charge in [-0.15, -0.1) is 10.2 Å². The Labute approximate surface area is 167 Å². The number of hydrogen-bond acceptors (Lipinski definition) is 6. The minimum Gasteiger partial charge on any atom is -0.493 e. The number of rotatable bonds is 5. The van der Waals surface area contributed by atoms with Crippen LogP contribution in [0.2, 0.25) is 0 Å². The third-order valence-corrected chi connectivity index (χ3v) is 4.44. The summed E-state index contributed by atoms with van der Waals surface area (Å²) in [6.07, 6.45) is 0. The Morgan fingerprint density at radius 3 is 2.21 bits per heavy atom. The highest BCUT2D eigenvalue weighted by atomic mass is 16.6. The smallest absolute Gasteiger partial charge is 0.343 e. The maximum absolute atomic E-state index is 12.4. The molecule has 0 saturated carbocycles. The van der Waals surface area contributed by atoms with E-state index in [1.165, 1.54) is 7.11 Å². The van der Waals surface area contributed by atoms with E-state index < -0.39 is 5.97 Å². The van der Waals surface area contributed by atoms with Gasteiger partial charge in [0.15, 0.2) is 11.5 Å². The molecule has 0 N–H and O–H groups in total. The molecule has 0 unspecified atom stereocenters. The first-order chi connectivity index (χ1) is 14.2. The predicted molar refractivity (Wildman–Crippen MR) is 108 cm³/mol. The number of ether oxygens (including phenoxy) is 2. The molecule has 0 aliphatic rings. The number of benzene rings is 3. The van der Waals surface area contributed by atoms with Crippen molar-refractivity contribution >= 4 is 5.97 Å². The highest BCUT2D eigenvalue weighted by Crippen LogP contribution is 2.28. The second-order valence-electron chi connectivity index (χ2n) is 6.35. The van der Waals surface area contributed by atoms with Crippen molar-refractivity contribution in [1.82, 2.24) is 10.2 Å². The van der Waals surface area contributed by atoms with Crippen LogP contribution < -0.4 is 9.47 Å². The van der Waals surface area contributed by atoms with Gasteiger partial charge in [0, 0.05) is 11.1 Å². The van der Waals surface area contributed by atoms with Crippen molar-refractivity contribution in [3.05, 3.63) is 83.9 Å². The van der Waals surface area contributed by atoms with Crippen LogP contribution in [0.15, 0.2) is 77.2 Å². The number of hydrogen-bond donors (Lipinski definition) is 0. The van der Waals surface area contributed by atoms with Crippen LogP contribution in [-0.4, -0.2) is 23.3 Å². The number of aryl methyl sites for hydroxylation is 1. The van der Waals surface area contributed by atoms with Gasteiger partial charge in [-0.05, 0) is 55.0 Å². The molecule has 1 aromatic heterocycles. The normalized spacial score (nSPS) is 10.6. The van der Waals surface area contributed by atoms with Gasteiger partial charge in [0.2, 0.25) is 11.8 Å². The van der Waals surface area contributed by atoms with Gasteiger partial charge in [0.05, 0.1) is 12.7 Å². The highest BCUT2D eigenvalue weighted by Gasteiger charge is 2.15. The van der Waals surface area contributed by atoms with Crippen LogP contribution in [-0.2, 0) is 0 Å². The largest absolute Gasteiger partial charge is 0.493 e. The predicted octanol–water partition coefficient (Wildman–Crippen LogP) is 4.94. The lowest BCUT2D eigenvalue weighted by atomic mass is 10.1. The van der Waals surface area contributed by atoms with Crippen LogP contribution in [0.3, 0.4) is 0 Å². The van der Waals surface area contributed by atoms with Gasteiger partial charge in [-0.1, -0.05) is 30.3 Å². The van der Waals surface area contributed by atoms with E-state index in [1.54, 1.807) is 48.5 Å². The number of esters is 1. The van der Waals surface area contributed by atoms with Crippen molar-refractivity contribution in [3.63, 3.8) is 0 Å². The molecular formula is C23H18N2O4. The lowest BCUT2D eigenvalue weighted by molar-refractivity contribution is 0.0729. The quantitative estimate of drug-likeness (QED) is 0.357. The van der Waals surface area contributed by atoms with Crippen LogP contribution >= 0.6 is 0 Å². The fourth-order valence-corrected chi connectivity index (χ4v) is 2.87. The lowest BCUT2D eigenvalue weighted by Gasteiger charge is -2.08. The average Bonchev–Trinajstić information content (AvgIpc) is 3.24. The number of methoxy groups -OCH3 is 1. The van der Waals surface area contributed by atoms with Gasteiger partial charge in [-0.3, -0.25) is 0 Å². The summed E-state index contributed by atoms with van der Waals surface area (Å²) in [5.41, 5.74) is 3.06. The number of para-hydroxylation sites is 2. The Bertz CT molecular complexity index is 1150. The van der Waals surface area contributed by atoms with E-state index in [0.29, 0.717) is 34.4 Å². The standard InChI is InChI=1S/C23H18N2O4/c1-15-7-3-4-8-18(15)22-25-24-21(29-22)16-11-13-17(14-12-16)23(26)28-20-10-6-5-9-19(20)27-2/h3-14H,1-2H3. The number of nitrogens with zero attached hydrogens (tertiary/aromatic N) is 2. The summed E-state index contributed by atoms with van der Waals surface area (Å²) in [7, 11) is 1.52. The molecule has 29 heavy (non-hydrogen) atoms. The average molecular weight is 386 g/mol. The summed E-state index contributed by atoms with van der Waals surface area (Å²) >= 11 is 0. The first-order valence-corrected chi connectivity index (χ1v) is 9.01. The van der Waals surface area contributed by atoms with Crippen LogP contribution in [0.5, 0.6) is 11.5 Å². The first-order valence-electron chi connectivity index (χ1n) is 9.01. The monoisotopic (exact) mass is 386 g/mol. The third-order valence-electron chi connectivity index (χ3n) is 4.44. The fourth-order valence-electron chi connectivity index (χ4n) is 2.87. The SMILES string of the molecule is COc1ccccc1OC(=O)c1ccc(-c2nnc(-c3ccccc3C)o2)cc1. The van der Waals surface area contributed by atoms with Gasteiger partial charge in [-0.25, -0.2) is 4.79 Å². The summed E-state index contributed by atoms with van der Waals surface area (Å²) in [4.78, 5) is 12.4.